The van der Waals surface area contributed by atoms with E-state index in [1.807, 2.05) is 48.3 Å². The number of carbonyl (C=O) groups excluding carboxylic acids is 1. The molecule has 1 aliphatic heterocycles. The highest BCUT2D eigenvalue weighted by atomic mass is 16.2. The van der Waals surface area contributed by atoms with E-state index in [4.69, 9.17) is 5.26 Å². The number of benzene rings is 2. The van der Waals surface area contributed by atoms with Crippen LogP contribution in [0.15, 0.2) is 48.5 Å². The molecule has 5 heteroatoms. The molecule has 1 aliphatic rings. The highest BCUT2D eigenvalue weighted by Crippen LogP contribution is 2.12. The number of amides is 1. The smallest absolute Gasteiger partial charge is 0.236 e. The summed E-state index contributed by atoms with van der Waals surface area (Å²) in [6.45, 7) is 7.95. The average Bonchev–Trinajstić information content (AvgIpc) is 2.95. The summed E-state index contributed by atoms with van der Waals surface area (Å²) in [7, 11) is 1.89. The van der Waals surface area contributed by atoms with Gasteiger partial charge in [-0.15, -0.1) is 0 Å². The Balaban J connectivity index is 1.48. The molecule has 2 aromatic rings. The molecule has 5 nitrogen and oxygen atoms in total. The SMILES string of the molecule is Cc1ccccc1CN(C)C(=O)CN1CCCN(Cc2ccc(C#N)cc2)CC1. The predicted molar refractivity (Wildman–Crippen MR) is 115 cm³/mol. The Morgan fingerprint density at radius 2 is 1.72 bits per heavy atom. The lowest BCUT2D eigenvalue weighted by atomic mass is 10.1. The molecule has 152 valence electrons. The number of hydrogen-bond acceptors (Lipinski definition) is 4. The van der Waals surface area contributed by atoms with Gasteiger partial charge in [-0.05, 0) is 55.3 Å². The lowest BCUT2D eigenvalue weighted by molar-refractivity contribution is -0.131. The maximum absolute atomic E-state index is 12.7. The summed E-state index contributed by atoms with van der Waals surface area (Å²) in [4.78, 5) is 19.3. The molecule has 0 aromatic heterocycles. The summed E-state index contributed by atoms with van der Waals surface area (Å²) >= 11 is 0. The summed E-state index contributed by atoms with van der Waals surface area (Å²) in [6, 6.07) is 18.2. The Bertz CT molecular complexity index is 856. The summed E-state index contributed by atoms with van der Waals surface area (Å²) < 4.78 is 0. The largest absolute Gasteiger partial charge is 0.340 e. The number of nitrogens with zero attached hydrogens (tertiary/aromatic N) is 4. The fourth-order valence-electron chi connectivity index (χ4n) is 3.73. The van der Waals surface area contributed by atoms with E-state index in [1.165, 1.54) is 16.7 Å². The predicted octanol–water partition coefficient (Wildman–Crippen LogP) is 3.03. The van der Waals surface area contributed by atoms with Gasteiger partial charge in [0.15, 0.2) is 0 Å². The van der Waals surface area contributed by atoms with Gasteiger partial charge in [-0.25, -0.2) is 0 Å². The minimum atomic E-state index is 0.175. The second-order valence-electron chi connectivity index (χ2n) is 7.89. The van der Waals surface area contributed by atoms with E-state index in [9.17, 15) is 4.79 Å². The van der Waals surface area contributed by atoms with Crippen LogP contribution < -0.4 is 0 Å². The highest BCUT2D eigenvalue weighted by molar-refractivity contribution is 5.78. The van der Waals surface area contributed by atoms with Gasteiger partial charge in [-0.1, -0.05) is 36.4 Å². The molecule has 0 radical (unpaired) electrons. The molecule has 29 heavy (non-hydrogen) atoms. The van der Waals surface area contributed by atoms with Crippen molar-refractivity contribution in [2.75, 3.05) is 39.8 Å². The van der Waals surface area contributed by atoms with E-state index < -0.39 is 0 Å². The first-order chi connectivity index (χ1) is 14.0. The van der Waals surface area contributed by atoms with Crippen molar-refractivity contribution in [3.05, 3.63) is 70.8 Å². The van der Waals surface area contributed by atoms with Gasteiger partial charge < -0.3 is 4.90 Å². The third-order valence-electron chi connectivity index (χ3n) is 5.62. The molecule has 0 aliphatic carbocycles. The number of aryl methyl sites for hydroxylation is 1. The first-order valence-corrected chi connectivity index (χ1v) is 10.3. The van der Waals surface area contributed by atoms with Crippen LogP contribution in [0.2, 0.25) is 0 Å². The van der Waals surface area contributed by atoms with Crippen molar-refractivity contribution in [2.45, 2.75) is 26.4 Å². The van der Waals surface area contributed by atoms with Crippen LogP contribution in [-0.2, 0) is 17.9 Å². The van der Waals surface area contributed by atoms with Crippen molar-refractivity contribution in [2.24, 2.45) is 0 Å². The molecule has 0 bridgehead atoms. The number of hydrogen-bond donors (Lipinski definition) is 0. The number of likely N-dealkylation sites (N-methyl/N-ethyl adjacent to an activating group) is 1. The molecular weight excluding hydrogens is 360 g/mol. The van der Waals surface area contributed by atoms with E-state index in [0.717, 1.165) is 39.1 Å². The Kier molecular flexibility index (Phi) is 7.40. The van der Waals surface area contributed by atoms with Crippen LogP contribution in [0.3, 0.4) is 0 Å². The van der Waals surface area contributed by atoms with Crippen LogP contribution in [0.1, 0.15) is 28.7 Å². The minimum Gasteiger partial charge on any atom is -0.340 e. The lowest BCUT2D eigenvalue weighted by Crippen LogP contribution is -2.40. The number of rotatable bonds is 6. The second kappa shape index (κ2) is 10.2. The van der Waals surface area contributed by atoms with Crippen molar-refractivity contribution >= 4 is 5.91 Å². The van der Waals surface area contributed by atoms with Crippen molar-refractivity contribution in [3.63, 3.8) is 0 Å². The van der Waals surface area contributed by atoms with Gasteiger partial charge in [0.05, 0.1) is 18.2 Å². The molecule has 1 amide bonds. The van der Waals surface area contributed by atoms with Gasteiger partial charge in [0.1, 0.15) is 0 Å². The van der Waals surface area contributed by atoms with Gasteiger partial charge in [0.2, 0.25) is 5.91 Å². The summed E-state index contributed by atoms with van der Waals surface area (Å²) in [5, 5.41) is 8.93. The number of nitriles is 1. The molecular formula is C24H30N4O. The summed E-state index contributed by atoms with van der Waals surface area (Å²) in [5.74, 6) is 0.175. The Morgan fingerprint density at radius 1 is 1.03 bits per heavy atom. The standard InChI is InChI=1S/C24H30N4O/c1-20-6-3-4-7-23(20)18-26(2)24(29)19-28-13-5-12-27(14-15-28)17-22-10-8-21(16-25)9-11-22/h3-4,6-11H,5,12-15,17-19H2,1-2H3. The molecule has 2 aromatic carbocycles. The summed E-state index contributed by atoms with van der Waals surface area (Å²) in [6.07, 6.45) is 1.06. The monoisotopic (exact) mass is 390 g/mol. The van der Waals surface area contributed by atoms with Gasteiger partial charge in [0.25, 0.3) is 0 Å². The van der Waals surface area contributed by atoms with Crippen LogP contribution in [0.25, 0.3) is 0 Å². The zero-order valence-corrected chi connectivity index (χ0v) is 17.5. The molecule has 1 heterocycles. The molecule has 1 fully saturated rings. The fourth-order valence-corrected chi connectivity index (χ4v) is 3.73. The molecule has 0 saturated carbocycles. The van der Waals surface area contributed by atoms with Gasteiger partial charge in [0, 0.05) is 33.2 Å². The van der Waals surface area contributed by atoms with Crippen molar-refractivity contribution in [1.82, 2.24) is 14.7 Å². The highest BCUT2D eigenvalue weighted by Gasteiger charge is 2.19. The van der Waals surface area contributed by atoms with E-state index in [-0.39, 0.29) is 5.91 Å². The van der Waals surface area contributed by atoms with Crippen LogP contribution >= 0.6 is 0 Å². The average molecular weight is 391 g/mol. The first-order valence-electron chi connectivity index (χ1n) is 10.3. The van der Waals surface area contributed by atoms with Crippen molar-refractivity contribution in [1.29, 1.82) is 5.26 Å². The van der Waals surface area contributed by atoms with Crippen LogP contribution in [0.5, 0.6) is 0 Å². The quantitative estimate of drug-likeness (QED) is 0.761. The van der Waals surface area contributed by atoms with Crippen LogP contribution in [-0.4, -0.2) is 60.4 Å². The Labute approximate surface area is 174 Å². The Morgan fingerprint density at radius 3 is 2.45 bits per heavy atom. The second-order valence-corrected chi connectivity index (χ2v) is 7.89. The summed E-state index contributed by atoms with van der Waals surface area (Å²) in [5.41, 5.74) is 4.35. The molecule has 0 N–H and O–H groups in total. The van der Waals surface area contributed by atoms with Crippen molar-refractivity contribution in [3.8, 4) is 6.07 Å². The van der Waals surface area contributed by atoms with E-state index >= 15 is 0 Å². The molecule has 0 atom stereocenters. The number of carbonyl (C=O) groups is 1. The molecule has 1 saturated heterocycles. The third-order valence-corrected chi connectivity index (χ3v) is 5.62. The third kappa shape index (κ3) is 6.15. The zero-order chi connectivity index (χ0) is 20.6. The fraction of sp³-hybridized carbons (Fsp3) is 0.417. The lowest BCUT2D eigenvalue weighted by Gasteiger charge is -2.24. The first kappa shape index (κ1) is 21.0. The maximum atomic E-state index is 12.7. The zero-order valence-electron chi connectivity index (χ0n) is 17.5. The van der Waals surface area contributed by atoms with E-state index in [1.54, 1.807) is 0 Å². The van der Waals surface area contributed by atoms with Gasteiger partial charge >= 0.3 is 0 Å². The minimum absolute atomic E-state index is 0.175. The Hall–Kier alpha value is -2.68. The molecule has 0 unspecified atom stereocenters. The van der Waals surface area contributed by atoms with Crippen LogP contribution in [0.4, 0.5) is 0 Å². The van der Waals surface area contributed by atoms with E-state index in [0.29, 0.717) is 18.7 Å². The van der Waals surface area contributed by atoms with Crippen LogP contribution in [0, 0.1) is 18.3 Å². The van der Waals surface area contributed by atoms with E-state index in [2.05, 4.69) is 34.9 Å². The van der Waals surface area contributed by atoms with Gasteiger partial charge in [-0.2, -0.15) is 5.26 Å². The molecule has 3 rings (SSSR count). The molecule has 0 spiro atoms. The van der Waals surface area contributed by atoms with Crippen molar-refractivity contribution < 1.29 is 4.79 Å². The maximum Gasteiger partial charge on any atom is 0.236 e. The topological polar surface area (TPSA) is 50.6 Å². The van der Waals surface area contributed by atoms with Gasteiger partial charge in [-0.3, -0.25) is 14.6 Å². The normalized spacial score (nSPS) is 15.5.